The number of halogens is 2. The fraction of sp³-hybridized carbons (Fsp3) is 0.538. The van der Waals surface area contributed by atoms with Crippen LogP contribution in [0.3, 0.4) is 0 Å². The van der Waals surface area contributed by atoms with Crippen LogP contribution in [0.2, 0.25) is 0 Å². The number of rotatable bonds is 3. The molecule has 2 aliphatic rings. The predicted molar refractivity (Wildman–Crippen MR) is 82.4 cm³/mol. The lowest BCUT2D eigenvalue weighted by Crippen LogP contribution is -2.43. The largest absolute Gasteiger partial charge is 0.377 e. The van der Waals surface area contributed by atoms with Gasteiger partial charge in [-0.2, -0.15) is 0 Å². The molecular formula is C13H15FIN3O2. The molecule has 0 amide bonds. The summed E-state index contributed by atoms with van der Waals surface area (Å²) < 4.78 is 13.9. The minimum absolute atomic E-state index is 0.0540. The number of anilines is 1. The van der Waals surface area contributed by atoms with Crippen LogP contribution in [0.4, 0.5) is 15.8 Å². The van der Waals surface area contributed by atoms with E-state index in [1.165, 1.54) is 12.1 Å². The van der Waals surface area contributed by atoms with Crippen molar-refractivity contribution in [3.63, 3.8) is 0 Å². The van der Waals surface area contributed by atoms with E-state index in [9.17, 15) is 14.5 Å². The number of nitrogens with zero attached hydrogens (tertiary/aromatic N) is 1. The summed E-state index contributed by atoms with van der Waals surface area (Å²) in [6, 6.07) is 3.67. The lowest BCUT2D eigenvalue weighted by atomic mass is 9.99. The Balaban J connectivity index is 1.83. The molecule has 0 radical (unpaired) electrons. The molecule has 0 spiro atoms. The predicted octanol–water partition coefficient (Wildman–Crippen LogP) is 3.03. The van der Waals surface area contributed by atoms with Crippen molar-refractivity contribution in [2.24, 2.45) is 0 Å². The highest BCUT2D eigenvalue weighted by Crippen LogP contribution is 2.33. The summed E-state index contributed by atoms with van der Waals surface area (Å²) in [6.45, 7) is 0. The molecule has 2 aliphatic heterocycles. The van der Waals surface area contributed by atoms with Crippen LogP contribution in [0.5, 0.6) is 0 Å². The Hall–Kier alpha value is -0.960. The standard InChI is InChI=1S/C13H15FIN3O2/c14-10-5-12(13(18(19)20)6-11(10)15)17-9-3-7-1-2-8(4-9)16-7/h5-9,16-17H,1-4H2. The SMILES string of the molecule is O=[N+]([O-])c1cc(I)c(F)cc1NC1CC2CCC(C1)N2. The van der Waals surface area contributed by atoms with Gasteiger partial charge in [-0.1, -0.05) is 0 Å². The first-order valence-electron chi connectivity index (χ1n) is 6.69. The van der Waals surface area contributed by atoms with Gasteiger partial charge in [0.2, 0.25) is 0 Å². The van der Waals surface area contributed by atoms with Crippen LogP contribution in [-0.4, -0.2) is 23.0 Å². The first kappa shape index (κ1) is 14.0. The third kappa shape index (κ3) is 2.73. The van der Waals surface area contributed by atoms with E-state index < -0.39 is 10.7 Å². The zero-order chi connectivity index (χ0) is 14.3. The highest BCUT2D eigenvalue weighted by molar-refractivity contribution is 14.1. The van der Waals surface area contributed by atoms with Crippen LogP contribution >= 0.6 is 22.6 Å². The van der Waals surface area contributed by atoms with E-state index in [-0.39, 0.29) is 15.3 Å². The number of hydrogen-bond donors (Lipinski definition) is 2. The first-order chi connectivity index (χ1) is 9.52. The Morgan fingerprint density at radius 3 is 2.60 bits per heavy atom. The molecule has 2 unspecified atom stereocenters. The van der Waals surface area contributed by atoms with E-state index in [0.717, 1.165) is 25.7 Å². The van der Waals surface area contributed by atoms with Gasteiger partial charge in [0, 0.05) is 30.3 Å². The number of hydrogen-bond acceptors (Lipinski definition) is 4. The summed E-state index contributed by atoms with van der Waals surface area (Å²) in [5.41, 5.74) is 0.237. The van der Waals surface area contributed by atoms with Crippen LogP contribution < -0.4 is 10.6 Å². The molecule has 0 saturated carbocycles. The molecular weight excluding hydrogens is 376 g/mol. The summed E-state index contributed by atoms with van der Waals surface area (Å²) >= 11 is 1.77. The van der Waals surface area contributed by atoms with Crippen molar-refractivity contribution in [1.82, 2.24) is 5.32 Å². The van der Waals surface area contributed by atoms with Gasteiger partial charge in [0.05, 0.1) is 8.49 Å². The summed E-state index contributed by atoms with van der Waals surface area (Å²) in [5.74, 6) is -0.421. The van der Waals surface area contributed by atoms with Gasteiger partial charge < -0.3 is 10.6 Å². The smallest absolute Gasteiger partial charge is 0.293 e. The number of piperidine rings is 1. The molecule has 0 aliphatic carbocycles. The van der Waals surface area contributed by atoms with Crippen LogP contribution in [0, 0.1) is 19.5 Å². The van der Waals surface area contributed by atoms with Crippen LogP contribution in [0.1, 0.15) is 25.7 Å². The van der Waals surface area contributed by atoms with Crippen molar-refractivity contribution in [3.05, 3.63) is 31.6 Å². The molecule has 2 heterocycles. The van der Waals surface area contributed by atoms with Gasteiger partial charge >= 0.3 is 0 Å². The van der Waals surface area contributed by atoms with Crippen molar-refractivity contribution in [1.29, 1.82) is 0 Å². The second-order valence-electron chi connectivity index (χ2n) is 5.49. The van der Waals surface area contributed by atoms with E-state index in [1.807, 2.05) is 0 Å². The lowest BCUT2D eigenvalue weighted by molar-refractivity contribution is -0.384. The van der Waals surface area contributed by atoms with Gasteiger partial charge in [0.25, 0.3) is 5.69 Å². The first-order valence-corrected chi connectivity index (χ1v) is 7.77. The Labute approximate surface area is 129 Å². The van der Waals surface area contributed by atoms with Gasteiger partial charge in [0.15, 0.2) is 0 Å². The van der Waals surface area contributed by atoms with Crippen molar-refractivity contribution in [3.8, 4) is 0 Å². The van der Waals surface area contributed by atoms with Crippen LogP contribution in [0.15, 0.2) is 12.1 Å². The lowest BCUT2D eigenvalue weighted by Gasteiger charge is -2.30. The normalized spacial score (nSPS) is 28.4. The van der Waals surface area contributed by atoms with Crippen molar-refractivity contribution in [2.75, 3.05) is 5.32 Å². The van der Waals surface area contributed by atoms with Gasteiger partial charge in [-0.3, -0.25) is 10.1 Å². The zero-order valence-corrected chi connectivity index (χ0v) is 12.9. The highest BCUT2D eigenvalue weighted by Gasteiger charge is 2.34. The molecule has 2 saturated heterocycles. The quantitative estimate of drug-likeness (QED) is 0.472. The Kier molecular flexibility index (Phi) is 3.80. The van der Waals surface area contributed by atoms with E-state index >= 15 is 0 Å². The maximum Gasteiger partial charge on any atom is 0.293 e. The molecule has 1 aromatic carbocycles. The van der Waals surface area contributed by atoms with Crippen LogP contribution in [0.25, 0.3) is 0 Å². The molecule has 2 N–H and O–H groups in total. The monoisotopic (exact) mass is 391 g/mol. The highest BCUT2D eigenvalue weighted by atomic mass is 127. The molecule has 3 rings (SSSR count). The van der Waals surface area contributed by atoms with Gasteiger partial charge in [-0.05, 0) is 48.3 Å². The average Bonchev–Trinajstić information content (AvgIpc) is 2.72. The van der Waals surface area contributed by atoms with E-state index in [2.05, 4.69) is 10.6 Å². The minimum atomic E-state index is -0.459. The van der Waals surface area contributed by atoms with E-state index in [0.29, 0.717) is 17.8 Å². The van der Waals surface area contributed by atoms with Crippen molar-refractivity contribution < 1.29 is 9.31 Å². The third-order valence-corrected chi connectivity index (χ3v) is 4.89. The van der Waals surface area contributed by atoms with E-state index in [1.54, 1.807) is 22.6 Å². The molecule has 2 atom stereocenters. The fourth-order valence-electron chi connectivity index (χ4n) is 3.20. The van der Waals surface area contributed by atoms with Crippen LogP contribution in [-0.2, 0) is 0 Å². The molecule has 2 bridgehead atoms. The average molecular weight is 391 g/mol. The summed E-state index contributed by atoms with van der Waals surface area (Å²) in [7, 11) is 0. The molecule has 0 aromatic heterocycles. The van der Waals surface area contributed by atoms with Gasteiger partial charge in [0.1, 0.15) is 11.5 Å². The van der Waals surface area contributed by atoms with Crippen molar-refractivity contribution in [2.45, 2.75) is 43.8 Å². The number of fused-ring (bicyclic) bond motifs is 2. The Bertz CT molecular complexity index is 543. The molecule has 5 nitrogen and oxygen atoms in total. The number of nitro groups is 1. The topological polar surface area (TPSA) is 67.2 Å². The van der Waals surface area contributed by atoms with Gasteiger partial charge in [-0.15, -0.1) is 0 Å². The molecule has 20 heavy (non-hydrogen) atoms. The Morgan fingerprint density at radius 2 is 2.00 bits per heavy atom. The number of nitro benzene ring substituents is 1. The molecule has 7 heteroatoms. The second-order valence-corrected chi connectivity index (χ2v) is 6.65. The number of nitrogens with one attached hydrogen (secondary N) is 2. The summed E-state index contributed by atoms with van der Waals surface area (Å²) in [5, 5.41) is 17.8. The molecule has 2 fully saturated rings. The second kappa shape index (κ2) is 5.44. The zero-order valence-electron chi connectivity index (χ0n) is 10.7. The van der Waals surface area contributed by atoms with Crippen molar-refractivity contribution >= 4 is 34.0 Å². The van der Waals surface area contributed by atoms with Gasteiger partial charge in [-0.25, -0.2) is 4.39 Å². The third-order valence-electron chi connectivity index (χ3n) is 4.07. The summed E-state index contributed by atoms with van der Waals surface area (Å²) in [4.78, 5) is 10.6. The maximum absolute atomic E-state index is 13.7. The van der Waals surface area contributed by atoms with E-state index in [4.69, 9.17) is 0 Å². The fourth-order valence-corrected chi connectivity index (χ4v) is 3.65. The molecule has 108 valence electrons. The summed E-state index contributed by atoms with van der Waals surface area (Å²) in [6.07, 6.45) is 4.18. The maximum atomic E-state index is 13.7. The molecule has 1 aromatic rings. The minimum Gasteiger partial charge on any atom is -0.377 e. The number of benzene rings is 1. The Morgan fingerprint density at radius 1 is 1.35 bits per heavy atom.